The first kappa shape index (κ1) is 16.2. The first-order valence-corrected chi connectivity index (χ1v) is 8.21. The molecule has 0 radical (unpaired) electrons. The van der Waals surface area contributed by atoms with Crippen molar-refractivity contribution in [2.24, 2.45) is 11.1 Å². The second-order valence-electron chi connectivity index (χ2n) is 5.33. The number of sulfonamides is 1. The van der Waals surface area contributed by atoms with E-state index in [0.29, 0.717) is 5.92 Å². The molecule has 0 aromatic heterocycles. The minimum Gasteiger partial charge on any atom is -0.316 e. The Morgan fingerprint density at radius 1 is 1.28 bits per heavy atom. The van der Waals surface area contributed by atoms with Crippen LogP contribution in [0.5, 0.6) is 0 Å². The highest BCUT2D eigenvalue weighted by atomic mass is 35.5. The van der Waals surface area contributed by atoms with E-state index in [1.807, 2.05) is 0 Å². The third-order valence-electron chi connectivity index (χ3n) is 3.82. The first-order valence-electron chi connectivity index (χ1n) is 6.50. The van der Waals surface area contributed by atoms with Gasteiger partial charge < -0.3 is 5.32 Å². The maximum absolute atomic E-state index is 11.2. The van der Waals surface area contributed by atoms with Crippen LogP contribution in [-0.2, 0) is 10.0 Å². The zero-order valence-corrected chi connectivity index (χ0v) is 12.3. The van der Waals surface area contributed by atoms with E-state index in [4.69, 9.17) is 5.14 Å². The first-order chi connectivity index (χ1) is 8.04. The summed E-state index contributed by atoms with van der Waals surface area (Å²) < 4.78 is 22.3. The largest absolute Gasteiger partial charge is 0.316 e. The highest BCUT2D eigenvalue weighted by molar-refractivity contribution is 7.89. The highest BCUT2D eigenvalue weighted by Crippen LogP contribution is 2.21. The van der Waals surface area contributed by atoms with Crippen LogP contribution in [0.4, 0.5) is 0 Å². The number of nitrogens with two attached hydrogens (primary N) is 1. The quantitative estimate of drug-likeness (QED) is 0.775. The molecule has 7 heteroatoms. The van der Waals surface area contributed by atoms with E-state index >= 15 is 0 Å². The molecule has 2 aliphatic rings. The SMILES string of the molecule is Cl.NS(=O)(=O)CC1CCCN1CC1CCCNC1. The van der Waals surface area contributed by atoms with Crippen LogP contribution in [-0.4, -0.2) is 51.3 Å². The summed E-state index contributed by atoms with van der Waals surface area (Å²) in [6.45, 7) is 4.24. The molecule has 0 aromatic rings. The van der Waals surface area contributed by atoms with Gasteiger partial charge >= 0.3 is 0 Å². The minimum atomic E-state index is -3.34. The van der Waals surface area contributed by atoms with Crippen molar-refractivity contribution < 1.29 is 8.42 Å². The fourth-order valence-electron chi connectivity index (χ4n) is 3.00. The van der Waals surface area contributed by atoms with Crippen molar-refractivity contribution in [3.05, 3.63) is 0 Å². The molecule has 5 nitrogen and oxygen atoms in total. The summed E-state index contributed by atoms with van der Waals surface area (Å²) in [4.78, 5) is 2.32. The number of hydrogen-bond donors (Lipinski definition) is 2. The highest BCUT2D eigenvalue weighted by Gasteiger charge is 2.29. The summed E-state index contributed by atoms with van der Waals surface area (Å²) in [6.07, 6.45) is 4.56. The van der Waals surface area contributed by atoms with Crippen LogP contribution < -0.4 is 10.5 Å². The molecule has 0 amide bonds. The number of halogens is 1. The van der Waals surface area contributed by atoms with Gasteiger partial charge in [-0.15, -0.1) is 12.4 Å². The third-order valence-corrected chi connectivity index (χ3v) is 4.66. The maximum Gasteiger partial charge on any atom is 0.210 e. The Labute approximate surface area is 116 Å². The van der Waals surface area contributed by atoms with Crippen molar-refractivity contribution in [2.75, 3.05) is 31.9 Å². The van der Waals surface area contributed by atoms with Gasteiger partial charge in [0.1, 0.15) is 0 Å². The van der Waals surface area contributed by atoms with Crippen molar-refractivity contribution in [3.63, 3.8) is 0 Å². The Hall–Kier alpha value is 0.120. The lowest BCUT2D eigenvalue weighted by Crippen LogP contribution is -2.43. The zero-order valence-electron chi connectivity index (χ0n) is 10.7. The number of piperidine rings is 1. The molecule has 0 bridgehead atoms. The van der Waals surface area contributed by atoms with Crippen LogP contribution in [0.2, 0.25) is 0 Å². The third kappa shape index (κ3) is 5.01. The molecule has 2 fully saturated rings. The second kappa shape index (κ2) is 7.05. The van der Waals surface area contributed by atoms with Crippen LogP contribution in [0.15, 0.2) is 0 Å². The summed E-state index contributed by atoms with van der Waals surface area (Å²) >= 11 is 0. The minimum absolute atomic E-state index is 0. The molecule has 3 N–H and O–H groups in total. The van der Waals surface area contributed by atoms with Gasteiger partial charge in [0, 0.05) is 12.6 Å². The topological polar surface area (TPSA) is 75.4 Å². The van der Waals surface area contributed by atoms with E-state index in [0.717, 1.165) is 39.0 Å². The van der Waals surface area contributed by atoms with E-state index in [2.05, 4.69) is 10.2 Å². The molecular formula is C11H24ClN3O2S. The van der Waals surface area contributed by atoms with Gasteiger partial charge in [0.2, 0.25) is 10.0 Å². The lowest BCUT2D eigenvalue weighted by molar-refractivity contribution is 0.204. The number of rotatable bonds is 4. The monoisotopic (exact) mass is 297 g/mol. The van der Waals surface area contributed by atoms with E-state index in [9.17, 15) is 8.42 Å². The van der Waals surface area contributed by atoms with Crippen molar-refractivity contribution >= 4 is 22.4 Å². The molecule has 0 aliphatic carbocycles. The van der Waals surface area contributed by atoms with E-state index in [1.165, 1.54) is 12.8 Å². The average Bonchev–Trinajstić information content (AvgIpc) is 2.65. The summed E-state index contributed by atoms with van der Waals surface area (Å²) in [5, 5.41) is 8.55. The summed E-state index contributed by atoms with van der Waals surface area (Å²) in [5.74, 6) is 0.789. The molecule has 2 rings (SSSR count). The molecule has 2 heterocycles. The lowest BCUT2D eigenvalue weighted by atomic mass is 9.99. The molecule has 2 atom stereocenters. The maximum atomic E-state index is 11.2. The molecule has 108 valence electrons. The van der Waals surface area contributed by atoms with Gasteiger partial charge in [0.15, 0.2) is 0 Å². The predicted octanol–water partition coefficient (Wildman–Crippen LogP) is 0.161. The molecule has 2 saturated heterocycles. The Kier molecular flexibility index (Phi) is 6.34. The van der Waals surface area contributed by atoms with Crippen molar-refractivity contribution in [2.45, 2.75) is 31.7 Å². The predicted molar refractivity (Wildman–Crippen MR) is 75.4 cm³/mol. The molecular weight excluding hydrogens is 274 g/mol. The number of nitrogens with one attached hydrogen (secondary N) is 1. The molecule has 2 unspecified atom stereocenters. The molecule has 0 saturated carbocycles. The molecule has 2 aliphatic heterocycles. The Morgan fingerprint density at radius 2 is 2.06 bits per heavy atom. The van der Waals surface area contributed by atoms with E-state index < -0.39 is 10.0 Å². The van der Waals surface area contributed by atoms with Gasteiger partial charge in [-0.3, -0.25) is 4.90 Å². The van der Waals surface area contributed by atoms with Crippen molar-refractivity contribution in [1.82, 2.24) is 10.2 Å². The van der Waals surface area contributed by atoms with Crippen LogP contribution in [0.1, 0.15) is 25.7 Å². The normalized spacial score (nSPS) is 30.1. The van der Waals surface area contributed by atoms with Gasteiger partial charge in [-0.25, -0.2) is 13.6 Å². The van der Waals surface area contributed by atoms with E-state index in [-0.39, 0.29) is 24.2 Å². The smallest absolute Gasteiger partial charge is 0.210 e. The second-order valence-corrected chi connectivity index (χ2v) is 6.99. The van der Waals surface area contributed by atoms with Crippen molar-refractivity contribution in [3.8, 4) is 0 Å². The number of primary sulfonamides is 1. The molecule has 0 spiro atoms. The van der Waals surface area contributed by atoms with Gasteiger partial charge in [0.25, 0.3) is 0 Å². The van der Waals surface area contributed by atoms with Crippen molar-refractivity contribution in [1.29, 1.82) is 0 Å². The summed E-state index contributed by atoms with van der Waals surface area (Å²) in [7, 11) is -3.34. The standard InChI is InChI=1S/C11H23N3O2S.ClH/c12-17(15,16)9-11-4-2-6-14(11)8-10-3-1-5-13-7-10;/h10-11,13H,1-9H2,(H2,12,15,16);1H. The Balaban J connectivity index is 0.00000162. The van der Waals surface area contributed by atoms with Crippen LogP contribution in [0.25, 0.3) is 0 Å². The summed E-state index contributed by atoms with van der Waals surface area (Å²) in [6, 6.07) is 0.145. The van der Waals surface area contributed by atoms with E-state index in [1.54, 1.807) is 0 Å². The Morgan fingerprint density at radius 3 is 2.67 bits per heavy atom. The Bertz CT molecular complexity index is 344. The fourth-order valence-corrected chi connectivity index (χ4v) is 3.92. The van der Waals surface area contributed by atoms with Gasteiger partial charge in [-0.1, -0.05) is 0 Å². The van der Waals surface area contributed by atoms with Crippen LogP contribution >= 0.6 is 12.4 Å². The van der Waals surface area contributed by atoms with Crippen LogP contribution in [0, 0.1) is 5.92 Å². The van der Waals surface area contributed by atoms with Gasteiger partial charge in [0.05, 0.1) is 5.75 Å². The molecule has 0 aromatic carbocycles. The summed E-state index contributed by atoms with van der Waals surface area (Å²) in [5.41, 5.74) is 0. The van der Waals surface area contributed by atoms with Crippen LogP contribution in [0.3, 0.4) is 0 Å². The zero-order chi connectivity index (χ0) is 12.3. The number of nitrogens with zero attached hydrogens (tertiary/aromatic N) is 1. The number of hydrogen-bond acceptors (Lipinski definition) is 4. The van der Waals surface area contributed by atoms with Gasteiger partial charge in [-0.2, -0.15) is 0 Å². The average molecular weight is 298 g/mol. The number of likely N-dealkylation sites (tertiary alicyclic amines) is 1. The lowest BCUT2D eigenvalue weighted by Gasteiger charge is -2.30. The van der Waals surface area contributed by atoms with Gasteiger partial charge in [-0.05, 0) is 51.2 Å². The molecule has 18 heavy (non-hydrogen) atoms. The fraction of sp³-hybridized carbons (Fsp3) is 1.00.